The predicted octanol–water partition coefficient (Wildman–Crippen LogP) is 2.14. The zero-order valence-electron chi connectivity index (χ0n) is 11.6. The minimum atomic E-state index is -3.33. The van der Waals surface area contributed by atoms with Crippen molar-refractivity contribution in [2.45, 2.75) is 18.2 Å². The Balaban J connectivity index is 1.67. The predicted molar refractivity (Wildman–Crippen MR) is 84.6 cm³/mol. The maximum atomic E-state index is 12.2. The van der Waals surface area contributed by atoms with Crippen LogP contribution in [0.15, 0.2) is 54.6 Å². The Labute approximate surface area is 125 Å². The average molecular weight is 302 g/mol. The van der Waals surface area contributed by atoms with Gasteiger partial charge in [-0.05, 0) is 23.6 Å². The molecule has 2 aromatic carbocycles. The third-order valence-corrected chi connectivity index (χ3v) is 4.97. The van der Waals surface area contributed by atoms with Gasteiger partial charge in [-0.25, -0.2) is 13.1 Å². The standard InChI is InChI=1S/C16H18N2O2S/c19-21(20,12-13-6-2-1-3-7-13)18-15-10-14-8-4-5-9-16(14)17-11-15/h1-9,15,17-18H,10-12H2. The fraction of sp³-hybridized carbons (Fsp3) is 0.250. The molecule has 0 spiro atoms. The van der Waals surface area contributed by atoms with Gasteiger partial charge in [-0.15, -0.1) is 0 Å². The van der Waals surface area contributed by atoms with Crippen LogP contribution in [0.2, 0.25) is 0 Å². The monoisotopic (exact) mass is 302 g/mol. The number of fused-ring (bicyclic) bond motifs is 1. The Kier molecular flexibility index (Phi) is 3.94. The van der Waals surface area contributed by atoms with Crippen molar-refractivity contribution < 1.29 is 8.42 Å². The number of benzene rings is 2. The first-order valence-corrected chi connectivity index (χ1v) is 8.63. The highest BCUT2D eigenvalue weighted by Gasteiger charge is 2.22. The van der Waals surface area contributed by atoms with Crippen molar-refractivity contribution in [2.75, 3.05) is 11.9 Å². The molecule has 2 aromatic rings. The Morgan fingerprint density at radius 2 is 1.76 bits per heavy atom. The Hall–Kier alpha value is -1.85. The van der Waals surface area contributed by atoms with Crippen molar-refractivity contribution >= 4 is 15.7 Å². The van der Waals surface area contributed by atoms with E-state index in [4.69, 9.17) is 0 Å². The summed E-state index contributed by atoms with van der Waals surface area (Å²) in [5.41, 5.74) is 3.04. The van der Waals surface area contributed by atoms with Crippen molar-refractivity contribution in [2.24, 2.45) is 0 Å². The van der Waals surface area contributed by atoms with Crippen molar-refractivity contribution in [3.05, 3.63) is 65.7 Å². The third kappa shape index (κ3) is 3.62. The molecule has 0 amide bonds. The van der Waals surface area contributed by atoms with E-state index < -0.39 is 10.0 Å². The molecule has 0 saturated carbocycles. The lowest BCUT2D eigenvalue weighted by molar-refractivity contribution is 0.548. The second kappa shape index (κ2) is 5.87. The van der Waals surface area contributed by atoms with E-state index >= 15 is 0 Å². The maximum Gasteiger partial charge on any atom is 0.216 e. The average Bonchev–Trinajstić information content (AvgIpc) is 2.47. The number of anilines is 1. The van der Waals surface area contributed by atoms with Gasteiger partial charge in [0, 0.05) is 18.3 Å². The minimum Gasteiger partial charge on any atom is -0.383 e. The summed E-state index contributed by atoms with van der Waals surface area (Å²) < 4.78 is 27.3. The number of hydrogen-bond acceptors (Lipinski definition) is 3. The molecule has 0 aromatic heterocycles. The smallest absolute Gasteiger partial charge is 0.216 e. The molecule has 0 radical (unpaired) electrons. The van der Waals surface area contributed by atoms with Crippen LogP contribution in [0.1, 0.15) is 11.1 Å². The van der Waals surface area contributed by atoms with Gasteiger partial charge in [-0.3, -0.25) is 0 Å². The molecule has 0 fully saturated rings. The van der Waals surface area contributed by atoms with Crippen LogP contribution in [0.5, 0.6) is 0 Å². The normalized spacial score (nSPS) is 17.8. The fourth-order valence-electron chi connectivity index (χ4n) is 2.61. The number of hydrogen-bond donors (Lipinski definition) is 2. The van der Waals surface area contributed by atoms with Gasteiger partial charge in [0.1, 0.15) is 0 Å². The first-order valence-electron chi connectivity index (χ1n) is 6.98. The van der Waals surface area contributed by atoms with E-state index in [1.807, 2.05) is 54.6 Å². The van der Waals surface area contributed by atoms with Gasteiger partial charge in [0.25, 0.3) is 0 Å². The van der Waals surface area contributed by atoms with Crippen molar-refractivity contribution in [1.29, 1.82) is 0 Å². The van der Waals surface area contributed by atoms with Crippen LogP contribution >= 0.6 is 0 Å². The first kappa shape index (κ1) is 14.1. The highest BCUT2D eigenvalue weighted by molar-refractivity contribution is 7.88. The third-order valence-electron chi connectivity index (χ3n) is 3.57. The Morgan fingerprint density at radius 1 is 1.05 bits per heavy atom. The van der Waals surface area contributed by atoms with Crippen LogP contribution < -0.4 is 10.0 Å². The molecule has 1 aliphatic heterocycles. The van der Waals surface area contributed by atoms with E-state index in [9.17, 15) is 8.42 Å². The molecule has 1 unspecified atom stereocenters. The molecule has 0 bridgehead atoms. The van der Waals surface area contributed by atoms with E-state index in [1.54, 1.807) is 0 Å². The van der Waals surface area contributed by atoms with Crippen molar-refractivity contribution in [1.82, 2.24) is 4.72 Å². The van der Waals surface area contributed by atoms with E-state index in [0.717, 1.165) is 23.2 Å². The van der Waals surface area contributed by atoms with E-state index in [0.29, 0.717) is 6.54 Å². The molecule has 3 rings (SSSR count). The SMILES string of the molecule is O=S(=O)(Cc1ccccc1)NC1CNc2ccccc2C1. The molecule has 0 saturated heterocycles. The fourth-order valence-corrected chi connectivity index (χ4v) is 4.00. The van der Waals surface area contributed by atoms with E-state index in [1.165, 1.54) is 0 Å². The molecular formula is C16H18N2O2S. The first-order chi connectivity index (χ1) is 10.1. The molecule has 1 aliphatic rings. The zero-order chi connectivity index (χ0) is 14.7. The van der Waals surface area contributed by atoms with Crippen LogP contribution in [0.4, 0.5) is 5.69 Å². The second-order valence-electron chi connectivity index (χ2n) is 5.30. The van der Waals surface area contributed by atoms with Gasteiger partial charge in [-0.2, -0.15) is 0 Å². The lowest BCUT2D eigenvalue weighted by atomic mass is 10.0. The highest BCUT2D eigenvalue weighted by Crippen LogP contribution is 2.21. The quantitative estimate of drug-likeness (QED) is 0.910. The summed E-state index contributed by atoms with van der Waals surface area (Å²) in [6, 6.07) is 17.1. The number of rotatable bonds is 4. The van der Waals surface area contributed by atoms with Crippen LogP contribution in [-0.2, 0) is 22.2 Å². The topological polar surface area (TPSA) is 58.2 Å². The lowest BCUT2D eigenvalue weighted by Crippen LogP contribution is -2.43. The molecular weight excluding hydrogens is 284 g/mol. The summed E-state index contributed by atoms with van der Waals surface area (Å²) in [5.74, 6) is 0.0198. The summed E-state index contributed by atoms with van der Waals surface area (Å²) in [6.07, 6.45) is 0.719. The summed E-state index contributed by atoms with van der Waals surface area (Å²) in [4.78, 5) is 0. The second-order valence-corrected chi connectivity index (χ2v) is 7.06. The lowest BCUT2D eigenvalue weighted by Gasteiger charge is -2.26. The van der Waals surface area contributed by atoms with Gasteiger partial charge in [0.05, 0.1) is 5.75 Å². The van der Waals surface area contributed by atoms with Crippen LogP contribution in [-0.4, -0.2) is 21.0 Å². The molecule has 4 nitrogen and oxygen atoms in total. The van der Waals surface area contributed by atoms with Crippen molar-refractivity contribution in [3.63, 3.8) is 0 Å². The molecule has 1 atom stereocenters. The van der Waals surface area contributed by atoms with Gasteiger partial charge in [0.2, 0.25) is 10.0 Å². The van der Waals surface area contributed by atoms with Crippen molar-refractivity contribution in [3.8, 4) is 0 Å². The number of para-hydroxylation sites is 1. The van der Waals surface area contributed by atoms with E-state index in [2.05, 4.69) is 10.0 Å². The number of nitrogens with one attached hydrogen (secondary N) is 2. The highest BCUT2D eigenvalue weighted by atomic mass is 32.2. The summed E-state index contributed by atoms with van der Waals surface area (Å²) in [5, 5.41) is 3.27. The Bertz CT molecular complexity index is 714. The molecule has 2 N–H and O–H groups in total. The largest absolute Gasteiger partial charge is 0.383 e. The summed E-state index contributed by atoms with van der Waals surface area (Å²) >= 11 is 0. The van der Waals surface area contributed by atoms with Crippen LogP contribution in [0.25, 0.3) is 0 Å². The molecule has 21 heavy (non-hydrogen) atoms. The van der Waals surface area contributed by atoms with Crippen LogP contribution in [0, 0.1) is 0 Å². The molecule has 0 aliphatic carbocycles. The van der Waals surface area contributed by atoms with Gasteiger partial charge < -0.3 is 5.32 Å². The molecule has 1 heterocycles. The van der Waals surface area contributed by atoms with Gasteiger partial charge >= 0.3 is 0 Å². The van der Waals surface area contributed by atoms with Gasteiger partial charge in [-0.1, -0.05) is 48.5 Å². The summed E-state index contributed by atoms with van der Waals surface area (Å²) in [7, 11) is -3.33. The summed E-state index contributed by atoms with van der Waals surface area (Å²) in [6.45, 7) is 0.616. The number of sulfonamides is 1. The maximum absolute atomic E-state index is 12.2. The Morgan fingerprint density at radius 3 is 2.57 bits per heavy atom. The minimum absolute atomic E-state index is 0.0198. The van der Waals surface area contributed by atoms with Crippen LogP contribution in [0.3, 0.4) is 0 Å². The zero-order valence-corrected chi connectivity index (χ0v) is 12.4. The molecule has 5 heteroatoms. The van der Waals surface area contributed by atoms with Gasteiger partial charge in [0.15, 0.2) is 0 Å². The molecule has 110 valence electrons. The van der Waals surface area contributed by atoms with E-state index in [-0.39, 0.29) is 11.8 Å².